The molecular weight excluding hydrogens is 504 g/mol. The lowest BCUT2D eigenvalue weighted by Gasteiger charge is -2.40. The van der Waals surface area contributed by atoms with Gasteiger partial charge in [0.05, 0.1) is 12.7 Å². The molecule has 0 aromatic heterocycles. The third-order valence-electron chi connectivity index (χ3n) is 7.24. The third-order valence-corrected chi connectivity index (χ3v) is 7.24. The molecule has 39 heavy (non-hydrogen) atoms. The first kappa shape index (κ1) is 35.7. The molecule has 10 heteroatoms. The largest absolute Gasteiger partial charge is 0.394 e. The predicted octanol–water partition coefficient (Wildman–Crippen LogP) is 2.69. The van der Waals surface area contributed by atoms with Gasteiger partial charge in [-0.25, -0.2) is 0 Å². The van der Waals surface area contributed by atoms with E-state index in [0.29, 0.717) is 12.8 Å². The Morgan fingerprint density at radius 3 is 1.56 bits per heavy atom. The highest BCUT2D eigenvalue weighted by atomic mass is 16.7. The van der Waals surface area contributed by atoms with E-state index in [-0.39, 0.29) is 24.9 Å². The Kier molecular flexibility index (Phi) is 20.5. The highest BCUT2D eigenvalue weighted by Crippen LogP contribution is 2.23. The zero-order valence-corrected chi connectivity index (χ0v) is 24.3. The van der Waals surface area contributed by atoms with Gasteiger partial charge >= 0.3 is 0 Å². The first-order valence-corrected chi connectivity index (χ1v) is 15.3. The molecule has 5 atom stereocenters. The van der Waals surface area contributed by atoms with Crippen LogP contribution < -0.4 is 10.6 Å². The average molecular weight is 561 g/mol. The zero-order valence-electron chi connectivity index (χ0n) is 24.3. The van der Waals surface area contributed by atoms with Gasteiger partial charge in [0.1, 0.15) is 24.4 Å². The maximum Gasteiger partial charge on any atom is 0.220 e. The number of hydrogen-bond donors (Lipinski definition) is 6. The van der Waals surface area contributed by atoms with Gasteiger partial charge in [-0.2, -0.15) is 0 Å². The first-order valence-electron chi connectivity index (χ1n) is 15.3. The van der Waals surface area contributed by atoms with Crippen LogP contribution in [0.1, 0.15) is 117 Å². The molecule has 1 heterocycles. The van der Waals surface area contributed by atoms with Gasteiger partial charge in [-0.05, 0) is 12.8 Å². The molecule has 230 valence electrons. The molecule has 0 radical (unpaired) electrons. The fourth-order valence-electron chi connectivity index (χ4n) is 4.66. The van der Waals surface area contributed by atoms with Gasteiger partial charge in [-0.1, -0.05) is 90.9 Å². The molecule has 2 amide bonds. The van der Waals surface area contributed by atoms with Gasteiger partial charge in [0.25, 0.3) is 0 Å². The Labute approximate surface area is 235 Å². The van der Waals surface area contributed by atoms with Crippen molar-refractivity contribution in [1.82, 2.24) is 10.6 Å². The summed E-state index contributed by atoms with van der Waals surface area (Å²) in [6, 6.07) is 0. The molecule has 0 aliphatic carbocycles. The van der Waals surface area contributed by atoms with Gasteiger partial charge in [0.15, 0.2) is 6.29 Å². The molecule has 0 spiro atoms. The summed E-state index contributed by atoms with van der Waals surface area (Å²) < 4.78 is 11.3. The second kappa shape index (κ2) is 22.4. The molecule has 0 bridgehead atoms. The van der Waals surface area contributed by atoms with Crippen molar-refractivity contribution in [2.24, 2.45) is 0 Å². The summed E-state index contributed by atoms with van der Waals surface area (Å²) in [6.45, 7) is 3.94. The van der Waals surface area contributed by atoms with Crippen molar-refractivity contribution in [2.75, 3.05) is 19.7 Å². The van der Waals surface area contributed by atoms with Crippen LogP contribution in [0.3, 0.4) is 0 Å². The van der Waals surface area contributed by atoms with Crippen molar-refractivity contribution < 1.29 is 39.5 Å². The van der Waals surface area contributed by atoms with E-state index in [1.807, 2.05) is 0 Å². The van der Waals surface area contributed by atoms with Crippen LogP contribution in [0, 0.1) is 0 Å². The topological polar surface area (TPSA) is 158 Å². The van der Waals surface area contributed by atoms with Crippen molar-refractivity contribution in [3.05, 3.63) is 0 Å². The number of unbranched alkanes of at least 4 members (excludes halogenated alkanes) is 12. The van der Waals surface area contributed by atoms with Gasteiger partial charge in [-0.15, -0.1) is 0 Å². The van der Waals surface area contributed by atoms with Crippen LogP contribution in [0.15, 0.2) is 0 Å². The second-order valence-electron chi connectivity index (χ2n) is 10.8. The number of carbonyl (C=O) groups excluding carboxylic acids is 2. The molecule has 0 unspecified atom stereocenters. The van der Waals surface area contributed by atoms with Gasteiger partial charge in [0, 0.05) is 25.9 Å². The van der Waals surface area contributed by atoms with E-state index >= 15 is 0 Å². The standard InChI is InChI=1S/C29H56N2O8/c1-3-5-7-9-11-13-15-17-24(33)30-19-22(20-31-25(34)18-16-14-12-10-8-6-4-2)38-29-28(37)27(36)26(35)23(21-32)39-29/h22-23,26-29,32,35-37H,3-21H2,1-2H3,(H,30,33)(H,31,34)/t23-,26-,27+,28-,29-/m1/s1. The average Bonchev–Trinajstić information content (AvgIpc) is 2.93. The first-order chi connectivity index (χ1) is 18.8. The molecule has 6 N–H and O–H groups in total. The summed E-state index contributed by atoms with van der Waals surface area (Å²) in [5.74, 6) is -0.249. The van der Waals surface area contributed by atoms with Crippen LogP contribution in [-0.2, 0) is 19.1 Å². The van der Waals surface area contributed by atoms with Crippen molar-refractivity contribution in [3.8, 4) is 0 Å². The van der Waals surface area contributed by atoms with Crippen LogP contribution in [0.4, 0.5) is 0 Å². The zero-order chi connectivity index (χ0) is 28.9. The molecule has 1 rings (SSSR count). The van der Waals surface area contributed by atoms with E-state index in [1.54, 1.807) is 0 Å². The van der Waals surface area contributed by atoms with E-state index < -0.39 is 43.4 Å². The quantitative estimate of drug-likeness (QED) is 0.104. The number of hydrogen-bond acceptors (Lipinski definition) is 8. The number of carbonyl (C=O) groups is 2. The fraction of sp³-hybridized carbons (Fsp3) is 0.931. The van der Waals surface area contributed by atoms with E-state index in [0.717, 1.165) is 38.5 Å². The Balaban J connectivity index is 2.53. The predicted molar refractivity (Wildman–Crippen MR) is 150 cm³/mol. The summed E-state index contributed by atoms with van der Waals surface area (Å²) in [4.78, 5) is 24.8. The monoisotopic (exact) mass is 560 g/mol. The summed E-state index contributed by atoms with van der Waals surface area (Å²) >= 11 is 0. The highest BCUT2D eigenvalue weighted by molar-refractivity contribution is 5.76. The molecule has 1 aliphatic heterocycles. The molecule has 1 saturated heterocycles. The Morgan fingerprint density at radius 1 is 0.692 bits per heavy atom. The Bertz CT molecular complexity index is 602. The fourth-order valence-corrected chi connectivity index (χ4v) is 4.66. The molecule has 1 fully saturated rings. The molecule has 0 saturated carbocycles. The molecule has 10 nitrogen and oxygen atoms in total. The van der Waals surface area contributed by atoms with Crippen LogP contribution in [-0.4, -0.2) is 88.7 Å². The van der Waals surface area contributed by atoms with Crippen molar-refractivity contribution in [2.45, 2.75) is 153 Å². The van der Waals surface area contributed by atoms with E-state index in [2.05, 4.69) is 24.5 Å². The molecular formula is C29H56N2O8. The number of amides is 2. The SMILES string of the molecule is CCCCCCCCCC(=O)NCC(CNC(=O)CCCCCCCCC)O[C@@H]1O[C@H](CO)[C@@H](O)[C@H](O)[C@H]1O. The summed E-state index contributed by atoms with van der Waals surface area (Å²) in [6.07, 6.45) is 8.49. The summed E-state index contributed by atoms with van der Waals surface area (Å²) in [5, 5.41) is 45.6. The lowest BCUT2D eigenvalue weighted by atomic mass is 9.99. The second-order valence-corrected chi connectivity index (χ2v) is 10.8. The van der Waals surface area contributed by atoms with Crippen molar-refractivity contribution in [3.63, 3.8) is 0 Å². The Hall–Kier alpha value is -1.30. The minimum absolute atomic E-state index is 0.0715. The number of aliphatic hydroxyl groups is 4. The van der Waals surface area contributed by atoms with E-state index in [1.165, 1.54) is 51.4 Å². The van der Waals surface area contributed by atoms with Crippen molar-refractivity contribution in [1.29, 1.82) is 0 Å². The number of nitrogens with one attached hydrogen (secondary N) is 2. The normalized spacial score (nSPS) is 23.2. The lowest BCUT2D eigenvalue weighted by Crippen LogP contribution is -2.60. The third kappa shape index (κ3) is 15.9. The Morgan fingerprint density at radius 2 is 1.13 bits per heavy atom. The maximum atomic E-state index is 12.4. The minimum Gasteiger partial charge on any atom is -0.394 e. The van der Waals surface area contributed by atoms with E-state index in [9.17, 15) is 30.0 Å². The van der Waals surface area contributed by atoms with Crippen LogP contribution >= 0.6 is 0 Å². The van der Waals surface area contributed by atoms with Gasteiger partial charge < -0.3 is 40.5 Å². The minimum atomic E-state index is -1.57. The van der Waals surface area contributed by atoms with Crippen LogP contribution in [0.2, 0.25) is 0 Å². The van der Waals surface area contributed by atoms with Gasteiger partial charge in [0.2, 0.25) is 11.8 Å². The summed E-state index contributed by atoms with van der Waals surface area (Å²) in [5.41, 5.74) is 0. The highest BCUT2D eigenvalue weighted by Gasteiger charge is 2.44. The number of aliphatic hydroxyl groups excluding tert-OH is 4. The van der Waals surface area contributed by atoms with Crippen molar-refractivity contribution >= 4 is 11.8 Å². The smallest absolute Gasteiger partial charge is 0.220 e. The molecule has 0 aromatic rings. The molecule has 1 aliphatic rings. The number of ether oxygens (including phenoxy) is 2. The summed E-state index contributed by atoms with van der Waals surface area (Å²) in [7, 11) is 0. The molecule has 0 aromatic carbocycles. The van der Waals surface area contributed by atoms with Crippen LogP contribution in [0.5, 0.6) is 0 Å². The van der Waals surface area contributed by atoms with Crippen LogP contribution in [0.25, 0.3) is 0 Å². The lowest BCUT2D eigenvalue weighted by molar-refractivity contribution is -0.310. The van der Waals surface area contributed by atoms with E-state index in [4.69, 9.17) is 9.47 Å². The maximum absolute atomic E-state index is 12.4. The number of rotatable bonds is 23. The van der Waals surface area contributed by atoms with Gasteiger partial charge in [-0.3, -0.25) is 9.59 Å².